The molecule has 0 aliphatic heterocycles. The summed E-state index contributed by atoms with van der Waals surface area (Å²) >= 11 is 0. The van der Waals surface area contributed by atoms with E-state index in [9.17, 15) is 0 Å². The molecule has 0 bridgehead atoms. The Labute approximate surface area is 124 Å². The van der Waals surface area contributed by atoms with Crippen LogP contribution >= 0.6 is 0 Å². The summed E-state index contributed by atoms with van der Waals surface area (Å²) in [4.78, 5) is 2.47. The Bertz CT molecular complexity index is 373. The van der Waals surface area contributed by atoms with Crippen molar-refractivity contribution in [3.8, 4) is 0 Å². The van der Waals surface area contributed by atoms with Crippen molar-refractivity contribution in [2.45, 2.75) is 60.5 Å². The second-order valence-electron chi connectivity index (χ2n) is 5.84. The van der Waals surface area contributed by atoms with E-state index in [0.717, 1.165) is 56.6 Å². The van der Waals surface area contributed by atoms with Gasteiger partial charge in [0.15, 0.2) is 0 Å². The third-order valence-electron chi connectivity index (χ3n) is 3.88. The molecule has 3 nitrogen and oxygen atoms in total. The number of hydrogen-bond donors (Lipinski definition) is 1. The fourth-order valence-electron chi connectivity index (χ4n) is 2.32. The number of furan rings is 1. The van der Waals surface area contributed by atoms with Gasteiger partial charge in [-0.15, -0.1) is 0 Å². The minimum Gasteiger partial charge on any atom is -0.463 e. The Kier molecular flexibility index (Phi) is 7.93. The SMILES string of the molecule is CCCNCc1oc(CN(CC)CC(C)CC)cc1C. The van der Waals surface area contributed by atoms with Crippen molar-refractivity contribution in [2.75, 3.05) is 19.6 Å². The van der Waals surface area contributed by atoms with Crippen molar-refractivity contribution in [1.29, 1.82) is 0 Å². The van der Waals surface area contributed by atoms with Crippen LogP contribution in [0.1, 0.15) is 57.6 Å². The molecule has 1 aromatic rings. The number of nitrogens with one attached hydrogen (secondary N) is 1. The van der Waals surface area contributed by atoms with Gasteiger partial charge in [0, 0.05) is 6.54 Å². The number of rotatable bonds is 10. The summed E-state index contributed by atoms with van der Waals surface area (Å²) in [6.45, 7) is 16.2. The zero-order valence-corrected chi connectivity index (χ0v) is 14.0. The molecule has 0 aliphatic carbocycles. The van der Waals surface area contributed by atoms with Gasteiger partial charge in [-0.05, 0) is 44.0 Å². The lowest BCUT2D eigenvalue weighted by molar-refractivity contribution is 0.218. The van der Waals surface area contributed by atoms with Gasteiger partial charge >= 0.3 is 0 Å². The molecule has 0 amide bonds. The van der Waals surface area contributed by atoms with Crippen LogP contribution in [0, 0.1) is 12.8 Å². The molecule has 0 saturated carbocycles. The van der Waals surface area contributed by atoms with E-state index in [-0.39, 0.29) is 0 Å². The topological polar surface area (TPSA) is 28.4 Å². The first-order valence-corrected chi connectivity index (χ1v) is 8.11. The van der Waals surface area contributed by atoms with Gasteiger partial charge in [-0.1, -0.05) is 34.1 Å². The van der Waals surface area contributed by atoms with Crippen molar-refractivity contribution in [3.63, 3.8) is 0 Å². The van der Waals surface area contributed by atoms with Gasteiger partial charge in [-0.3, -0.25) is 4.90 Å². The minimum atomic E-state index is 0.747. The highest BCUT2D eigenvalue weighted by atomic mass is 16.3. The van der Waals surface area contributed by atoms with Crippen molar-refractivity contribution in [3.05, 3.63) is 23.2 Å². The number of nitrogens with zero attached hydrogens (tertiary/aromatic N) is 1. The first kappa shape index (κ1) is 17.3. The van der Waals surface area contributed by atoms with Crippen molar-refractivity contribution < 1.29 is 4.42 Å². The lowest BCUT2D eigenvalue weighted by atomic mass is 10.1. The van der Waals surface area contributed by atoms with Crippen LogP contribution in [0.3, 0.4) is 0 Å². The van der Waals surface area contributed by atoms with Crippen LogP contribution in [0.5, 0.6) is 0 Å². The van der Waals surface area contributed by atoms with E-state index in [0.29, 0.717) is 0 Å². The normalized spacial score (nSPS) is 13.1. The molecule has 0 saturated heterocycles. The van der Waals surface area contributed by atoms with Crippen molar-refractivity contribution >= 4 is 0 Å². The van der Waals surface area contributed by atoms with E-state index in [4.69, 9.17) is 4.42 Å². The summed E-state index contributed by atoms with van der Waals surface area (Å²) in [6.07, 6.45) is 2.39. The van der Waals surface area contributed by atoms with Crippen LogP contribution in [0.4, 0.5) is 0 Å². The molecular formula is C17H32N2O. The summed E-state index contributed by atoms with van der Waals surface area (Å²) in [5.41, 5.74) is 1.27. The molecular weight excluding hydrogens is 248 g/mol. The summed E-state index contributed by atoms with van der Waals surface area (Å²) in [6, 6.07) is 2.20. The zero-order valence-electron chi connectivity index (χ0n) is 14.0. The van der Waals surface area contributed by atoms with Crippen LogP contribution < -0.4 is 5.32 Å². The second kappa shape index (κ2) is 9.19. The average Bonchev–Trinajstić information content (AvgIpc) is 2.78. The Morgan fingerprint density at radius 2 is 2.05 bits per heavy atom. The van der Waals surface area contributed by atoms with Crippen LogP contribution in [0.15, 0.2) is 10.5 Å². The smallest absolute Gasteiger partial charge is 0.120 e. The highest BCUT2D eigenvalue weighted by Crippen LogP contribution is 2.17. The largest absolute Gasteiger partial charge is 0.463 e. The first-order chi connectivity index (χ1) is 9.60. The quantitative estimate of drug-likeness (QED) is 0.658. The molecule has 0 radical (unpaired) electrons. The Morgan fingerprint density at radius 3 is 2.65 bits per heavy atom. The standard InChI is InChI=1S/C17H32N2O/c1-6-9-18-11-17-15(5)10-16(20-17)13-19(8-3)12-14(4)7-2/h10,14,18H,6-9,11-13H2,1-5H3. The van der Waals surface area contributed by atoms with E-state index >= 15 is 0 Å². The van der Waals surface area contributed by atoms with Crippen LogP contribution in [0.25, 0.3) is 0 Å². The number of aryl methyl sites for hydroxylation is 1. The molecule has 1 N–H and O–H groups in total. The Morgan fingerprint density at radius 1 is 1.30 bits per heavy atom. The van der Waals surface area contributed by atoms with Crippen molar-refractivity contribution in [1.82, 2.24) is 10.2 Å². The predicted octanol–water partition coefficient (Wildman–Crippen LogP) is 3.96. The first-order valence-electron chi connectivity index (χ1n) is 8.11. The van der Waals surface area contributed by atoms with E-state index < -0.39 is 0 Å². The molecule has 1 aromatic heterocycles. The van der Waals surface area contributed by atoms with Gasteiger partial charge in [-0.25, -0.2) is 0 Å². The maximum absolute atomic E-state index is 6.00. The van der Waals surface area contributed by atoms with Gasteiger partial charge in [0.2, 0.25) is 0 Å². The summed E-state index contributed by atoms with van der Waals surface area (Å²) in [7, 11) is 0. The molecule has 0 spiro atoms. The molecule has 0 aromatic carbocycles. The van der Waals surface area contributed by atoms with E-state index in [1.54, 1.807) is 0 Å². The summed E-state index contributed by atoms with van der Waals surface area (Å²) in [5.74, 6) is 2.94. The molecule has 0 fully saturated rings. The molecule has 1 rings (SSSR count). The fraction of sp³-hybridized carbons (Fsp3) is 0.765. The zero-order chi connectivity index (χ0) is 15.0. The van der Waals surface area contributed by atoms with Gasteiger partial charge in [0.1, 0.15) is 11.5 Å². The monoisotopic (exact) mass is 280 g/mol. The van der Waals surface area contributed by atoms with Gasteiger partial charge in [0.25, 0.3) is 0 Å². The second-order valence-corrected chi connectivity index (χ2v) is 5.84. The average molecular weight is 280 g/mol. The maximum Gasteiger partial charge on any atom is 0.120 e. The van der Waals surface area contributed by atoms with E-state index in [1.807, 2.05) is 0 Å². The third kappa shape index (κ3) is 5.68. The van der Waals surface area contributed by atoms with Crippen LogP contribution in [0.2, 0.25) is 0 Å². The Hall–Kier alpha value is -0.800. The molecule has 20 heavy (non-hydrogen) atoms. The van der Waals surface area contributed by atoms with Crippen LogP contribution in [-0.2, 0) is 13.1 Å². The molecule has 1 unspecified atom stereocenters. The fourth-order valence-corrected chi connectivity index (χ4v) is 2.32. The van der Waals surface area contributed by atoms with Gasteiger partial charge in [-0.2, -0.15) is 0 Å². The predicted molar refractivity (Wildman–Crippen MR) is 85.8 cm³/mol. The highest BCUT2D eigenvalue weighted by Gasteiger charge is 2.12. The summed E-state index contributed by atoms with van der Waals surface area (Å²) < 4.78 is 6.00. The Balaban J connectivity index is 2.55. The van der Waals surface area contributed by atoms with E-state index in [1.165, 1.54) is 12.0 Å². The lowest BCUT2D eigenvalue weighted by Crippen LogP contribution is -2.27. The molecule has 0 aliphatic rings. The molecule has 1 atom stereocenters. The van der Waals surface area contributed by atoms with E-state index in [2.05, 4.69) is 50.9 Å². The molecule has 1 heterocycles. The van der Waals surface area contributed by atoms with Gasteiger partial charge < -0.3 is 9.73 Å². The summed E-state index contributed by atoms with van der Waals surface area (Å²) in [5, 5.41) is 3.41. The van der Waals surface area contributed by atoms with Crippen LogP contribution in [-0.4, -0.2) is 24.5 Å². The molecule has 116 valence electrons. The third-order valence-corrected chi connectivity index (χ3v) is 3.88. The van der Waals surface area contributed by atoms with Gasteiger partial charge in [0.05, 0.1) is 13.1 Å². The van der Waals surface area contributed by atoms with Crippen molar-refractivity contribution in [2.24, 2.45) is 5.92 Å². The number of hydrogen-bond acceptors (Lipinski definition) is 3. The molecule has 3 heteroatoms. The highest BCUT2D eigenvalue weighted by molar-refractivity contribution is 5.20. The lowest BCUT2D eigenvalue weighted by Gasteiger charge is -2.22. The minimum absolute atomic E-state index is 0.747. The maximum atomic E-state index is 6.00.